The highest BCUT2D eigenvalue weighted by molar-refractivity contribution is 6.31. The third-order valence-electron chi connectivity index (χ3n) is 2.89. The Hall–Kier alpha value is -2.26. The number of esters is 1. The van der Waals surface area contributed by atoms with Crippen molar-refractivity contribution in [3.63, 3.8) is 0 Å². The lowest BCUT2D eigenvalue weighted by molar-refractivity contribution is -0.128. The fourth-order valence-corrected chi connectivity index (χ4v) is 1.91. The van der Waals surface area contributed by atoms with Crippen LogP contribution in [0, 0.1) is 6.92 Å². The van der Waals surface area contributed by atoms with Gasteiger partial charge in [0.15, 0.2) is 0 Å². The van der Waals surface area contributed by atoms with Gasteiger partial charge in [0.05, 0.1) is 7.11 Å². The van der Waals surface area contributed by atoms with Crippen molar-refractivity contribution in [3.8, 4) is 11.5 Å². The summed E-state index contributed by atoms with van der Waals surface area (Å²) in [6.45, 7) is 1.85. The van der Waals surface area contributed by atoms with Gasteiger partial charge in [0, 0.05) is 16.7 Å². The molecule has 2 aromatic rings. The molecule has 0 unspecified atom stereocenters. The van der Waals surface area contributed by atoms with Gasteiger partial charge in [-0.15, -0.1) is 0 Å². The first kappa shape index (κ1) is 15.1. The minimum Gasteiger partial charge on any atom is -0.496 e. The number of ether oxygens (including phenoxy) is 2. The Morgan fingerprint density at radius 1 is 1.19 bits per heavy atom. The number of carbonyl (C=O) groups excluding carboxylic acids is 1. The van der Waals surface area contributed by atoms with Crippen molar-refractivity contribution in [2.75, 3.05) is 7.11 Å². The van der Waals surface area contributed by atoms with E-state index in [9.17, 15) is 4.79 Å². The predicted molar refractivity (Wildman–Crippen MR) is 83.9 cm³/mol. The molecule has 0 N–H and O–H groups in total. The minimum absolute atomic E-state index is 0.456. The Balaban J connectivity index is 2.07. The van der Waals surface area contributed by atoms with Gasteiger partial charge in [0.2, 0.25) is 0 Å². The standard InChI is InChI=1S/C17H15ClO3/c1-12-11-14(8-9-15(12)18)21-17(19)10-7-13-5-3-4-6-16(13)20-2/h3-11H,1-2H3. The maximum atomic E-state index is 11.8. The Kier molecular flexibility index (Phi) is 5.01. The topological polar surface area (TPSA) is 35.5 Å². The lowest BCUT2D eigenvalue weighted by Gasteiger charge is -2.05. The van der Waals surface area contributed by atoms with Gasteiger partial charge in [-0.05, 0) is 42.8 Å². The van der Waals surface area contributed by atoms with E-state index in [1.807, 2.05) is 31.2 Å². The quantitative estimate of drug-likeness (QED) is 0.480. The monoisotopic (exact) mass is 302 g/mol. The predicted octanol–water partition coefficient (Wildman–Crippen LogP) is 4.28. The highest BCUT2D eigenvalue weighted by atomic mass is 35.5. The second-order valence-corrected chi connectivity index (χ2v) is 4.81. The number of para-hydroxylation sites is 1. The van der Waals surface area contributed by atoms with Gasteiger partial charge in [0.1, 0.15) is 11.5 Å². The second-order valence-electron chi connectivity index (χ2n) is 4.41. The van der Waals surface area contributed by atoms with Crippen LogP contribution < -0.4 is 9.47 Å². The first-order valence-corrected chi connectivity index (χ1v) is 6.77. The number of rotatable bonds is 4. The number of methoxy groups -OCH3 is 1. The molecule has 4 heteroatoms. The van der Waals surface area contributed by atoms with Crippen molar-refractivity contribution >= 4 is 23.6 Å². The van der Waals surface area contributed by atoms with E-state index < -0.39 is 5.97 Å². The van der Waals surface area contributed by atoms with Crippen LogP contribution in [0.15, 0.2) is 48.5 Å². The maximum absolute atomic E-state index is 11.8. The molecule has 2 rings (SSSR count). The van der Waals surface area contributed by atoms with Crippen LogP contribution in [-0.4, -0.2) is 13.1 Å². The molecule has 0 radical (unpaired) electrons. The second kappa shape index (κ2) is 6.95. The maximum Gasteiger partial charge on any atom is 0.336 e. The van der Waals surface area contributed by atoms with E-state index in [4.69, 9.17) is 21.1 Å². The molecule has 0 fully saturated rings. The lowest BCUT2D eigenvalue weighted by atomic mass is 10.2. The highest BCUT2D eigenvalue weighted by Gasteiger charge is 2.04. The Morgan fingerprint density at radius 2 is 1.95 bits per heavy atom. The molecule has 0 aromatic heterocycles. The molecule has 108 valence electrons. The number of carbonyl (C=O) groups is 1. The summed E-state index contributed by atoms with van der Waals surface area (Å²) in [7, 11) is 1.58. The number of benzene rings is 2. The van der Waals surface area contributed by atoms with Crippen molar-refractivity contribution in [3.05, 3.63) is 64.7 Å². The zero-order chi connectivity index (χ0) is 15.2. The normalized spacial score (nSPS) is 10.6. The molecule has 0 amide bonds. The summed E-state index contributed by atoms with van der Waals surface area (Å²) in [4.78, 5) is 11.8. The van der Waals surface area contributed by atoms with Crippen molar-refractivity contribution < 1.29 is 14.3 Å². The van der Waals surface area contributed by atoms with Crippen LogP contribution in [0.5, 0.6) is 11.5 Å². The molecule has 0 atom stereocenters. The summed E-state index contributed by atoms with van der Waals surface area (Å²) < 4.78 is 10.4. The number of hydrogen-bond acceptors (Lipinski definition) is 3. The number of aryl methyl sites for hydroxylation is 1. The van der Waals surface area contributed by atoms with E-state index >= 15 is 0 Å². The minimum atomic E-state index is -0.456. The van der Waals surface area contributed by atoms with E-state index in [1.165, 1.54) is 6.08 Å². The lowest BCUT2D eigenvalue weighted by Crippen LogP contribution is -2.03. The number of hydrogen-bond donors (Lipinski definition) is 0. The molecule has 0 aliphatic rings. The Labute approximate surface area is 128 Å². The summed E-state index contributed by atoms with van der Waals surface area (Å²) in [6, 6.07) is 12.5. The van der Waals surface area contributed by atoms with Gasteiger partial charge in [-0.2, -0.15) is 0 Å². The summed E-state index contributed by atoms with van der Waals surface area (Å²) in [5.74, 6) is 0.707. The van der Waals surface area contributed by atoms with Crippen LogP contribution >= 0.6 is 11.6 Å². The molecule has 0 aliphatic carbocycles. The third-order valence-corrected chi connectivity index (χ3v) is 3.31. The van der Waals surface area contributed by atoms with Gasteiger partial charge in [-0.3, -0.25) is 0 Å². The SMILES string of the molecule is COc1ccccc1C=CC(=O)Oc1ccc(Cl)c(C)c1. The zero-order valence-electron chi connectivity index (χ0n) is 11.8. The summed E-state index contributed by atoms with van der Waals surface area (Å²) >= 11 is 5.92. The van der Waals surface area contributed by atoms with Crippen molar-refractivity contribution in [2.24, 2.45) is 0 Å². The summed E-state index contributed by atoms with van der Waals surface area (Å²) in [5, 5.41) is 0.638. The van der Waals surface area contributed by atoms with Crippen molar-refractivity contribution in [1.29, 1.82) is 0 Å². The van der Waals surface area contributed by atoms with E-state index in [1.54, 1.807) is 31.4 Å². The van der Waals surface area contributed by atoms with Gasteiger partial charge >= 0.3 is 5.97 Å². The molecule has 0 aliphatic heterocycles. The van der Waals surface area contributed by atoms with E-state index in [-0.39, 0.29) is 0 Å². The molecule has 0 spiro atoms. The zero-order valence-corrected chi connectivity index (χ0v) is 12.6. The fourth-order valence-electron chi connectivity index (χ4n) is 1.79. The van der Waals surface area contributed by atoms with E-state index in [0.717, 1.165) is 11.1 Å². The van der Waals surface area contributed by atoms with Crippen LogP contribution in [0.4, 0.5) is 0 Å². The van der Waals surface area contributed by atoms with Gasteiger partial charge < -0.3 is 9.47 Å². The molecule has 0 bridgehead atoms. The summed E-state index contributed by atoms with van der Waals surface area (Å²) in [5.41, 5.74) is 1.67. The van der Waals surface area contributed by atoms with Crippen LogP contribution in [0.1, 0.15) is 11.1 Å². The first-order chi connectivity index (χ1) is 10.1. The van der Waals surface area contributed by atoms with Crippen LogP contribution in [0.3, 0.4) is 0 Å². The summed E-state index contributed by atoms with van der Waals surface area (Å²) in [6.07, 6.45) is 3.02. The largest absolute Gasteiger partial charge is 0.496 e. The van der Waals surface area contributed by atoms with Crippen LogP contribution in [-0.2, 0) is 4.79 Å². The number of halogens is 1. The van der Waals surface area contributed by atoms with E-state index in [2.05, 4.69) is 0 Å². The first-order valence-electron chi connectivity index (χ1n) is 6.39. The molecule has 0 saturated heterocycles. The molecular formula is C17H15ClO3. The Morgan fingerprint density at radius 3 is 2.67 bits per heavy atom. The van der Waals surface area contributed by atoms with Gasteiger partial charge in [0.25, 0.3) is 0 Å². The van der Waals surface area contributed by atoms with Crippen molar-refractivity contribution in [2.45, 2.75) is 6.92 Å². The third kappa shape index (κ3) is 4.10. The average molecular weight is 303 g/mol. The van der Waals surface area contributed by atoms with Gasteiger partial charge in [-0.1, -0.05) is 29.8 Å². The molecule has 0 saturated carbocycles. The average Bonchev–Trinajstić information content (AvgIpc) is 2.49. The van der Waals surface area contributed by atoms with Crippen LogP contribution in [0.25, 0.3) is 6.08 Å². The smallest absolute Gasteiger partial charge is 0.336 e. The van der Waals surface area contributed by atoms with Gasteiger partial charge in [-0.25, -0.2) is 4.79 Å². The van der Waals surface area contributed by atoms with E-state index in [0.29, 0.717) is 16.5 Å². The molecule has 3 nitrogen and oxygen atoms in total. The molecular weight excluding hydrogens is 288 g/mol. The van der Waals surface area contributed by atoms with Crippen molar-refractivity contribution in [1.82, 2.24) is 0 Å². The Bertz CT molecular complexity index is 677. The van der Waals surface area contributed by atoms with Crippen LogP contribution in [0.2, 0.25) is 5.02 Å². The highest BCUT2D eigenvalue weighted by Crippen LogP contribution is 2.22. The fraction of sp³-hybridized carbons (Fsp3) is 0.118. The molecule has 21 heavy (non-hydrogen) atoms. The molecule has 2 aromatic carbocycles. The molecule has 0 heterocycles.